The molecule has 0 aliphatic rings. The summed E-state index contributed by atoms with van der Waals surface area (Å²) in [6, 6.07) is 7.27. The summed E-state index contributed by atoms with van der Waals surface area (Å²) in [5.41, 5.74) is 1.57. The van der Waals surface area contributed by atoms with Crippen molar-refractivity contribution in [3.8, 4) is 0 Å². The zero-order chi connectivity index (χ0) is 12.0. The summed E-state index contributed by atoms with van der Waals surface area (Å²) in [5.74, 6) is 0.311. The highest BCUT2D eigenvalue weighted by Gasteiger charge is 2.07. The fourth-order valence-corrected chi connectivity index (χ4v) is 1.38. The van der Waals surface area contributed by atoms with Crippen molar-refractivity contribution in [2.75, 3.05) is 13.7 Å². The Bertz CT molecular complexity index is 355. The number of carbonyl (C=O) groups excluding carboxylic acids is 1. The van der Waals surface area contributed by atoms with Gasteiger partial charge in [-0.25, -0.2) is 0 Å². The number of methoxy groups -OCH3 is 1. The fraction of sp³-hybridized carbons (Fsp3) is 0.417. The van der Waals surface area contributed by atoms with Gasteiger partial charge < -0.3 is 10.1 Å². The van der Waals surface area contributed by atoms with Crippen molar-refractivity contribution < 1.29 is 9.53 Å². The van der Waals surface area contributed by atoms with Crippen LogP contribution in [0, 0.1) is 0 Å². The monoisotopic (exact) mass is 241 g/mol. The van der Waals surface area contributed by atoms with Gasteiger partial charge in [-0.05, 0) is 24.6 Å². The van der Waals surface area contributed by atoms with E-state index >= 15 is 0 Å². The largest absolute Gasteiger partial charge is 0.380 e. The minimum absolute atomic E-state index is 0.0140. The van der Waals surface area contributed by atoms with Gasteiger partial charge in [0.1, 0.15) is 0 Å². The molecule has 0 saturated heterocycles. The molecule has 0 fully saturated rings. The highest BCUT2D eigenvalue weighted by Crippen LogP contribution is 2.07. The molecule has 4 heteroatoms. The summed E-state index contributed by atoms with van der Waals surface area (Å²) in [7, 11) is 1.62. The molecule has 1 rings (SSSR count). The Labute approximate surface area is 101 Å². The average Bonchev–Trinajstić information content (AvgIpc) is 2.35. The van der Waals surface area contributed by atoms with Crippen molar-refractivity contribution >= 4 is 17.5 Å². The molecule has 16 heavy (non-hydrogen) atoms. The second-order valence-corrected chi connectivity index (χ2v) is 3.86. The molecule has 0 bridgehead atoms. The molecule has 0 aliphatic carbocycles. The number of hydrogen-bond acceptors (Lipinski definition) is 2. The zero-order valence-electron chi connectivity index (χ0n) is 9.50. The molecule has 1 atom stereocenters. The van der Waals surface area contributed by atoms with Gasteiger partial charge >= 0.3 is 0 Å². The van der Waals surface area contributed by atoms with E-state index < -0.39 is 0 Å². The number of rotatable bonds is 5. The Kier molecular flexibility index (Phi) is 5.29. The first kappa shape index (κ1) is 13.0. The SMILES string of the molecule is COC(C)CNC(=O)c1cccc(CCl)c1. The summed E-state index contributed by atoms with van der Waals surface area (Å²) in [6.07, 6.45) is 0.0140. The maximum atomic E-state index is 11.7. The first-order chi connectivity index (χ1) is 7.67. The molecule has 1 aromatic carbocycles. The molecular weight excluding hydrogens is 226 g/mol. The molecule has 0 aliphatic heterocycles. The molecule has 1 amide bonds. The third-order valence-corrected chi connectivity index (χ3v) is 2.60. The summed E-state index contributed by atoms with van der Waals surface area (Å²) in [4.78, 5) is 11.7. The Morgan fingerprint density at radius 2 is 2.31 bits per heavy atom. The van der Waals surface area contributed by atoms with Crippen molar-refractivity contribution in [2.45, 2.75) is 18.9 Å². The Morgan fingerprint density at radius 1 is 1.56 bits per heavy atom. The lowest BCUT2D eigenvalue weighted by molar-refractivity contribution is 0.0870. The van der Waals surface area contributed by atoms with Gasteiger partial charge in [0, 0.05) is 25.1 Å². The van der Waals surface area contributed by atoms with Crippen LogP contribution in [0.15, 0.2) is 24.3 Å². The van der Waals surface area contributed by atoms with Crippen LogP contribution in [0.4, 0.5) is 0 Å². The van der Waals surface area contributed by atoms with Crippen LogP contribution in [-0.4, -0.2) is 25.7 Å². The lowest BCUT2D eigenvalue weighted by atomic mass is 10.1. The van der Waals surface area contributed by atoms with Gasteiger partial charge in [-0.1, -0.05) is 12.1 Å². The smallest absolute Gasteiger partial charge is 0.251 e. The number of alkyl halides is 1. The molecule has 0 aromatic heterocycles. The molecule has 0 heterocycles. The quantitative estimate of drug-likeness (QED) is 0.803. The van der Waals surface area contributed by atoms with Crippen molar-refractivity contribution in [1.82, 2.24) is 5.32 Å². The summed E-state index contributed by atoms with van der Waals surface area (Å²) < 4.78 is 5.05. The van der Waals surface area contributed by atoms with Gasteiger partial charge in [-0.3, -0.25) is 4.79 Å². The highest BCUT2D eigenvalue weighted by molar-refractivity contribution is 6.17. The molecule has 0 spiro atoms. The van der Waals surface area contributed by atoms with Gasteiger partial charge in [-0.2, -0.15) is 0 Å². The topological polar surface area (TPSA) is 38.3 Å². The third-order valence-electron chi connectivity index (χ3n) is 2.30. The molecular formula is C12H16ClNO2. The molecule has 0 radical (unpaired) electrons. The Hall–Kier alpha value is -1.06. The summed E-state index contributed by atoms with van der Waals surface area (Å²) >= 11 is 5.70. The van der Waals surface area contributed by atoms with Crippen LogP contribution in [0.25, 0.3) is 0 Å². The zero-order valence-corrected chi connectivity index (χ0v) is 10.3. The average molecular weight is 242 g/mol. The number of hydrogen-bond donors (Lipinski definition) is 1. The van der Waals surface area contributed by atoms with E-state index in [-0.39, 0.29) is 12.0 Å². The minimum atomic E-state index is -0.101. The molecule has 1 aromatic rings. The van der Waals surface area contributed by atoms with E-state index in [9.17, 15) is 4.79 Å². The van der Waals surface area contributed by atoms with Crippen molar-refractivity contribution in [3.63, 3.8) is 0 Å². The molecule has 3 nitrogen and oxygen atoms in total. The summed E-state index contributed by atoms with van der Waals surface area (Å²) in [6.45, 7) is 2.40. The van der Waals surface area contributed by atoms with Gasteiger partial charge in [0.05, 0.1) is 6.10 Å². The van der Waals surface area contributed by atoms with Crippen LogP contribution in [-0.2, 0) is 10.6 Å². The molecule has 0 saturated carbocycles. The van der Waals surface area contributed by atoms with E-state index in [1.807, 2.05) is 19.1 Å². The van der Waals surface area contributed by atoms with Crippen molar-refractivity contribution in [1.29, 1.82) is 0 Å². The van der Waals surface area contributed by atoms with Crippen LogP contribution >= 0.6 is 11.6 Å². The van der Waals surface area contributed by atoms with Crippen LogP contribution in [0.1, 0.15) is 22.8 Å². The summed E-state index contributed by atoms with van der Waals surface area (Å²) in [5, 5.41) is 2.79. The lowest BCUT2D eigenvalue weighted by Gasteiger charge is -2.11. The van der Waals surface area contributed by atoms with Crippen LogP contribution in [0.5, 0.6) is 0 Å². The van der Waals surface area contributed by atoms with E-state index in [4.69, 9.17) is 16.3 Å². The number of benzene rings is 1. The first-order valence-corrected chi connectivity index (χ1v) is 5.66. The number of ether oxygens (including phenoxy) is 1. The van der Waals surface area contributed by atoms with Gasteiger partial charge in [-0.15, -0.1) is 11.6 Å². The normalized spacial score (nSPS) is 12.2. The second kappa shape index (κ2) is 6.51. The first-order valence-electron chi connectivity index (χ1n) is 5.13. The Balaban J connectivity index is 2.58. The van der Waals surface area contributed by atoms with Gasteiger partial charge in [0.25, 0.3) is 5.91 Å². The number of halogens is 1. The van der Waals surface area contributed by atoms with Gasteiger partial charge in [0.2, 0.25) is 0 Å². The van der Waals surface area contributed by atoms with E-state index in [0.29, 0.717) is 18.0 Å². The predicted octanol–water partition coefficient (Wildman–Crippen LogP) is 2.19. The minimum Gasteiger partial charge on any atom is -0.380 e. The van der Waals surface area contributed by atoms with Crippen LogP contribution in [0.3, 0.4) is 0 Å². The molecule has 88 valence electrons. The molecule has 1 unspecified atom stereocenters. The Morgan fingerprint density at radius 3 is 2.94 bits per heavy atom. The van der Waals surface area contributed by atoms with Crippen molar-refractivity contribution in [3.05, 3.63) is 35.4 Å². The molecule has 1 N–H and O–H groups in total. The van der Waals surface area contributed by atoms with E-state index in [1.165, 1.54) is 0 Å². The standard InChI is InChI=1S/C12H16ClNO2/c1-9(16-2)8-14-12(15)11-5-3-4-10(6-11)7-13/h3-6,9H,7-8H2,1-2H3,(H,14,15). The van der Waals surface area contributed by atoms with E-state index in [1.54, 1.807) is 19.2 Å². The van der Waals surface area contributed by atoms with Crippen molar-refractivity contribution in [2.24, 2.45) is 0 Å². The maximum absolute atomic E-state index is 11.7. The maximum Gasteiger partial charge on any atom is 0.251 e. The second-order valence-electron chi connectivity index (χ2n) is 3.59. The van der Waals surface area contributed by atoms with Crippen LogP contribution < -0.4 is 5.32 Å². The third kappa shape index (κ3) is 3.83. The number of amides is 1. The fourth-order valence-electron chi connectivity index (χ4n) is 1.22. The lowest BCUT2D eigenvalue weighted by Crippen LogP contribution is -2.31. The van der Waals surface area contributed by atoms with Crippen LogP contribution in [0.2, 0.25) is 0 Å². The predicted molar refractivity (Wildman–Crippen MR) is 64.8 cm³/mol. The number of nitrogens with one attached hydrogen (secondary N) is 1. The number of carbonyl (C=O) groups is 1. The highest BCUT2D eigenvalue weighted by atomic mass is 35.5. The van der Waals surface area contributed by atoms with E-state index in [2.05, 4.69) is 5.32 Å². The van der Waals surface area contributed by atoms with E-state index in [0.717, 1.165) is 5.56 Å². The van der Waals surface area contributed by atoms with Gasteiger partial charge in [0.15, 0.2) is 0 Å².